The molecule has 1 aliphatic carbocycles. The molecular formula is C17H23N. The maximum Gasteiger partial charge on any atom is 0.0671 e. The summed E-state index contributed by atoms with van der Waals surface area (Å²) in [5, 5.41) is 0. The Morgan fingerprint density at radius 1 is 1.22 bits per heavy atom. The summed E-state index contributed by atoms with van der Waals surface area (Å²) in [5.74, 6) is 1.29. The fourth-order valence-corrected chi connectivity index (χ4v) is 4.09. The Morgan fingerprint density at radius 3 is 2.72 bits per heavy atom. The van der Waals surface area contributed by atoms with Crippen molar-refractivity contribution in [2.24, 2.45) is 16.8 Å². The molecule has 96 valence electrons. The van der Waals surface area contributed by atoms with Crippen molar-refractivity contribution in [1.82, 2.24) is 0 Å². The van der Waals surface area contributed by atoms with Gasteiger partial charge in [0.25, 0.3) is 0 Å². The Balaban J connectivity index is 2.18. The normalized spacial score (nSPS) is 30.7. The number of fused-ring (bicyclic) bond motifs is 2. The molecule has 0 bridgehead atoms. The van der Waals surface area contributed by atoms with Gasteiger partial charge in [-0.05, 0) is 36.3 Å². The van der Waals surface area contributed by atoms with Crippen LogP contribution in [-0.4, -0.2) is 5.71 Å². The highest BCUT2D eigenvalue weighted by atomic mass is 14.8. The van der Waals surface area contributed by atoms with Crippen molar-refractivity contribution in [2.75, 3.05) is 0 Å². The van der Waals surface area contributed by atoms with Gasteiger partial charge in [-0.25, -0.2) is 0 Å². The highest BCUT2D eigenvalue weighted by Gasteiger charge is 2.48. The molecule has 1 spiro atoms. The molecule has 0 amide bonds. The van der Waals surface area contributed by atoms with E-state index in [-0.39, 0.29) is 5.41 Å². The minimum Gasteiger partial charge on any atom is -0.256 e. The first kappa shape index (κ1) is 12.0. The molecule has 1 fully saturated rings. The van der Waals surface area contributed by atoms with E-state index in [2.05, 4.69) is 45.0 Å². The van der Waals surface area contributed by atoms with Gasteiger partial charge in [0.1, 0.15) is 0 Å². The number of nitrogens with zero attached hydrogens (tertiary/aromatic N) is 1. The number of hydrogen-bond donors (Lipinski definition) is 0. The van der Waals surface area contributed by atoms with Gasteiger partial charge in [-0.1, -0.05) is 51.8 Å². The van der Waals surface area contributed by atoms with Gasteiger partial charge < -0.3 is 0 Å². The smallest absolute Gasteiger partial charge is 0.0671 e. The fraction of sp³-hybridized carbons (Fsp3) is 0.588. The number of hydrogen-bond acceptors (Lipinski definition) is 1. The van der Waals surface area contributed by atoms with Gasteiger partial charge in [-0.15, -0.1) is 0 Å². The molecule has 18 heavy (non-hydrogen) atoms. The van der Waals surface area contributed by atoms with Crippen LogP contribution in [0.5, 0.6) is 0 Å². The van der Waals surface area contributed by atoms with E-state index in [1.165, 1.54) is 42.6 Å². The molecule has 0 N–H and O–H groups in total. The van der Waals surface area contributed by atoms with Crippen LogP contribution in [0.3, 0.4) is 0 Å². The lowest BCUT2D eigenvalue weighted by atomic mass is 9.60. The molecule has 2 aliphatic rings. The molecule has 0 radical (unpaired) electrons. The van der Waals surface area contributed by atoms with Crippen molar-refractivity contribution >= 4 is 11.4 Å². The van der Waals surface area contributed by atoms with Crippen molar-refractivity contribution in [1.29, 1.82) is 0 Å². The lowest BCUT2D eigenvalue weighted by Crippen LogP contribution is -2.44. The van der Waals surface area contributed by atoms with Gasteiger partial charge in [-0.2, -0.15) is 0 Å². The second-order valence-electron chi connectivity index (χ2n) is 6.29. The average molecular weight is 241 g/mol. The summed E-state index contributed by atoms with van der Waals surface area (Å²) < 4.78 is 0. The van der Waals surface area contributed by atoms with Crippen molar-refractivity contribution in [3.8, 4) is 0 Å². The Labute approximate surface area is 110 Å². The molecule has 1 saturated carbocycles. The molecular weight excluding hydrogens is 218 g/mol. The van der Waals surface area contributed by atoms with Crippen LogP contribution in [0, 0.1) is 11.8 Å². The van der Waals surface area contributed by atoms with Crippen molar-refractivity contribution < 1.29 is 0 Å². The van der Waals surface area contributed by atoms with Gasteiger partial charge in [0, 0.05) is 11.1 Å². The highest BCUT2D eigenvalue weighted by molar-refractivity contribution is 6.03. The second-order valence-corrected chi connectivity index (χ2v) is 6.29. The van der Waals surface area contributed by atoms with Gasteiger partial charge >= 0.3 is 0 Å². The summed E-state index contributed by atoms with van der Waals surface area (Å²) >= 11 is 0. The summed E-state index contributed by atoms with van der Waals surface area (Å²) in [5.41, 5.74) is 4.43. The summed E-state index contributed by atoms with van der Waals surface area (Å²) in [6.07, 6.45) is 5.38. The fourth-order valence-electron chi connectivity index (χ4n) is 4.09. The maximum absolute atomic E-state index is 5.00. The van der Waals surface area contributed by atoms with Crippen molar-refractivity contribution in [3.63, 3.8) is 0 Å². The van der Waals surface area contributed by atoms with Crippen LogP contribution in [0.25, 0.3) is 0 Å². The topological polar surface area (TPSA) is 12.4 Å². The third-order valence-corrected chi connectivity index (χ3v) is 4.93. The molecule has 0 unspecified atom stereocenters. The van der Waals surface area contributed by atoms with Gasteiger partial charge in [0.05, 0.1) is 5.69 Å². The Bertz CT molecular complexity index is 486. The van der Waals surface area contributed by atoms with Crippen molar-refractivity contribution in [3.05, 3.63) is 29.8 Å². The van der Waals surface area contributed by atoms with Gasteiger partial charge in [0.15, 0.2) is 0 Å². The van der Waals surface area contributed by atoms with E-state index >= 15 is 0 Å². The molecule has 1 heteroatoms. The lowest BCUT2D eigenvalue weighted by Gasteiger charge is -2.42. The molecule has 1 heterocycles. The van der Waals surface area contributed by atoms with Crippen LogP contribution >= 0.6 is 0 Å². The van der Waals surface area contributed by atoms with E-state index in [0.29, 0.717) is 5.92 Å². The first-order valence-electron chi connectivity index (χ1n) is 7.35. The number of rotatable bonds is 1. The van der Waals surface area contributed by atoms with Gasteiger partial charge in [-0.3, -0.25) is 4.99 Å². The van der Waals surface area contributed by atoms with Crippen LogP contribution in [0.1, 0.15) is 52.0 Å². The van der Waals surface area contributed by atoms with E-state index < -0.39 is 0 Å². The van der Waals surface area contributed by atoms with E-state index in [0.717, 1.165) is 5.92 Å². The van der Waals surface area contributed by atoms with Crippen LogP contribution in [0.15, 0.2) is 29.3 Å². The Kier molecular flexibility index (Phi) is 2.80. The van der Waals surface area contributed by atoms with Gasteiger partial charge in [0.2, 0.25) is 0 Å². The highest BCUT2D eigenvalue weighted by Crippen LogP contribution is 2.53. The summed E-state index contributed by atoms with van der Waals surface area (Å²) in [6, 6.07) is 8.80. The third kappa shape index (κ3) is 1.49. The SMILES string of the molecule is CC(C)C1=Nc2ccccc2[C@@]12CCCC[C@@H]2C. The zero-order valence-corrected chi connectivity index (χ0v) is 11.7. The predicted molar refractivity (Wildman–Crippen MR) is 77.7 cm³/mol. The Hall–Kier alpha value is -1.11. The number of benzene rings is 1. The molecule has 3 rings (SSSR count). The molecule has 1 nitrogen and oxygen atoms in total. The summed E-state index contributed by atoms with van der Waals surface area (Å²) in [7, 11) is 0. The van der Waals surface area contributed by atoms with E-state index in [1.807, 2.05) is 0 Å². The third-order valence-electron chi connectivity index (χ3n) is 4.93. The zero-order chi connectivity index (χ0) is 12.8. The van der Waals surface area contributed by atoms with Crippen LogP contribution in [-0.2, 0) is 5.41 Å². The number of para-hydroxylation sites is 1. The minimum absolute atomic E-state index is 0.253. The standard InChI is InChI=1S/C17H23N/c1-12(2)16-17(11-7-6-8-13(17)3)14-9-4-5-10-15(14)18-16/h4-5,9-10,12-13H,6-8,11H2,1-3H3/t13-,17-/m0/s1. The molecule has 0 aromatic heterocycles. The van der Waals surface area contributed by atoms with Crippen molar-refractivity contribution in [2.45, 2.75) is 51.9 Å². The molecule has 1 aromatic rings. The minimum atomic E-state index is 0.253. The lowest BCUT2D eigenvalue weighted by molar-refractivity contribution is 0.271. The van der Waals surface area contributed by atoms with Crippen LogP contribution in [0.2, 0.25) is 0 Å². The molecule has 2 atom stereocenters. The van der Waals surface area contributed by atoms with Crippen LogP contribution < -0.4 is 0 Å². The largest absolute Gasteiger partial charge is 0.256 e. The summed E-state index contributed by atoms with van der Waals surface area (Å²) in [6.45, 7) is 7.03. The summed E-state index contributed by atoms with van der Waals surface area (Å²) in [4.78, 5) is 5.00. The first-order valence-corrected chi connectivity index (χ1v) is 7.35. The monoisotopic (exact) mass is 241 g/mol. The molecule has 0 saturated heterocycles. The molecule has 1 aromatic carbocycles. The average Bonchev–Trinajstić information content (AvgIpc) is 2.69. The Morgan fingerprint density at radius 2 is 2.00 bits per heavy atom. The zero-order valence-electron chi connectivity index (χ0n) is 11.7. The first-order chi connectivity index (χ1) is 8.66. The second kappa shape index (κ2) is 4.22. The quantitative estimate of drug-likeness (QED) is 0.664. The predicted octanol–water partition coefficient (Wildman–Crippen LogP) is 4.88. The number of aliphatic imine (C=N–C) groups is 1. The van der Waals surface area contributed by atoms with E-state index in [9.17, 15) is 0 Å². The van der Waals surface area contributed by atoms with Crippen LogP contribution in [0.4, 0.5) is 5.69 Å². The van der Waals surface area contributed by atoms with E-state index in [4.69, 9.17) is 4.99 Å². The molecule has 1 aliphatic heterocycles. The van der Waals surface area contributed by atoms with E-state index in [1.54, 1.807) is 0 Å². The maximum atomic E-state index is 5.00.